The fourth-order valence-corrected chi connectivity index (χ4v) is 4.71. The summed E-state index contributed by atoms with van der Waals surface area (Å²) in [6.07, 6.45) is 3.82. The second-order valence-electron chi connectivity index (χ2n) is 9.12. The Balaban J connectivity index is 1.80. The van der Waals surface area contributed by atoms with Gasteiger partial charge in [-0.15, -0.1) is 0 Å². The number of unbranched alkanes of at least 4 members (excludes halogenated alkanes) is 2. The number of methoxy groups -OCH3 is 1. The lowest BCUT2D eigenvalue weighted by molar-refractivity contribution is 0.0707. The van der Waals surface area contributed by atoms with Gasteiger partial charge in [-0.05, 0) is 56.5 Å². The Morgan fingerprint density at radius 1 is 0.944 bits per heavy atom. The van der Waals surface area contributed by atoms with Crippen molar-refractivity contribution in [3.63, 3.8) is 0 Å². The minimum Gasteiger partial charge on any atom is -0.490 e. The van der Waals surface area contributed by atoms with Crippen LogP contribution in [0.2, 0.25) is 0 Å². The Morgan fingerprint density at radius 2 is 1.78 bits per heavy atom. The lowest BCUT2D eigenvalue weighted by Crippen LogP contribution is -2.31. The molecule has 7 heteroatoms. The van der Waals surface area contributed by atoms with Gasteiger partial charge in [-0.1, -0.05) is 37.5 Å². The molecule has 0 fully saturated rings. The molecule has 0 saturated carbocycles. The standard InChI is InChI=1S/C29H35NO6/c1-5-7-8-16-35-23-13-11-20(18-24(23)34-6-2)26-25-27(31)21-17-19(3)10-12-22(21)36-28(25)29(32)30(26)14-9-15-33-4/h10-13,17-18,26H,5-9,14-16H2,1-4H3. The molecule has 0 bridgehead atoms. The number of amides is 1. The number of hydrogen-bond donors (Lipinski definition) is 0. The van der Waals surface area contributed by atoms with Crippen molar-refractivity contribution in [2.75, 3.05) is 33.5 Å². The molecule has 1 aromatic heterocycles. The second kappa shape index (κ2) is 11.6. The van der Waals surface area contributed by atoms with Crippen LogP contribution in [0.4, 0.5) is 0 Å². The monoisotopic (exact) mass is 493 g/mol. The van der Waals surface area contributed by atoms with E-state index in [0.29, 0.717) is 60.8 Å². The Bertz CT molecular complexity index is 1280. The van der Waals surface area contributed by atoms with Gasteiger partial charge in [0.05, 0.1) is 30.2 Å². The van der Waals surface area contributed by atoms with Crippen molar-refractivity contribution in [1.29, 1.82) is 0 Å². The van der Waals surface area contributed by atoms with Crippen molar-refractivity contribution in [3.8, 4) is 11.5 Å². The van der Waals surface area contributed by atoms with Gasteiger partial charge in [-0.2, -0.15) is 0 Å². The van der Waals surface area contributed by atoms with E-state index in [2.05, 4.69) is 6.92 Å². The summed E-state index contributed by atoms with van der Waals surface area (Å²) in [6.45, 7) is 8.01. The minimum absolute atomic E-state index is 0.108. The van der Waals surface area contributed by atoms with Crippen molar-refractivity contribution in [2.24, 2.45) is 0 Å². The van der Waals surface area contributed by atoms with Gasteiger partial charge in [0, 0.05) is 20.3 Å². The number of rotatable bonds is 12. The van der Waals surface area contributed by atoms with Crippen LogP contribution >= 0.6 is 0 Å². The number of hydrogen-bond acceptors (Lipinski definition) is 6. The Labute approximate surface area is 212 Å². The summed E-state index contributed by atoms with van der Waals surface area (Å²) in [5.74, 6) is 1.08. The smallest absolute Gasteiger partial charge is 0.290 e. The molecule has 2 heterocycles. The van der Waals surface area contributed by atoms with Gasteiger partial charge in [-0.3, -0.25) is 9.59 Å². The number of aryl methyl sites for hydroxylation is 1. The van der Waals surface area contributed by atoms with Crippen molar-refractivity contribution in [1.82, 2.24) is 4.90 Å². The van der Waals surface area contributed by atoms with Gasteiger partial charge >= 0.3 is 0 Å². The highest BCUT2D eigenvalue weighted by atomic mass is 16.5. The number of carbonyl (C=O) groups excluding carboxylic acids is 1. The third-order valence-electron chi connectivity index (χ3n) is 6.46. The summed E-state index contributed by atoms with van der Waals surface area (Å²) in [6, 6.07) is 10.5. The van der Waals surface area contributed by atoms with E-state index in [-0.39, 0.29) is 17.1 Å². The fraction of sp³-hybridized carbons (Fsp3) is 0.448. The summed E-state index contributed by atoms with van der Waals surface area (Å²) in [7, 11) is 1.63. The number of nitrogens with zero attached hydrogens (tertiary/aromatic N) is 1. The zero-order valence-corrected chi connectivity index (χ0v) is 21.6. The molecule has 7 nitrogen and oxygen atoms in total. The molecule has 1 aliphatic heterocycles. The first kappa shape index (κ1) is 25.8. The van der Waals surface area contributed by atoms with E-state index in [9.17, 15) is 9.59 Å². The molecule has 0 aliphatic carbocycles. The summed E-state index contributed by atoms with van der Waals surface area (Å²) in [4.78, 5) is 29.0. The topological polar surface area (TPSA) is 78.2 Å². The van der Waals surface area contributed by atoms with E-state index < -0.39 is 6.04 Å². The maximum atomic E-state index is 13.7. The maximum Gasteiger partial charge on any atom is 0.290 e. The number of fused-ring (bicyclic) bond motifs is 2. The van der Waals surface area contributed by atoms with E-state index in [4.69, 9.17) is 18.6 Å². The van der Waals surface area contributed by atoms with Gasteiger partial charge < -0.3 is 23.5 Å². The molecule has 36 heavy (non-hydrogen) atoms. The molecule has 0 N–H and O–H groups in total. The molecule has 4 rings (SSSR count). The van der Waals surface area contributed by atoms with E-state index >= 15 is 0 Å². The van der Waals surface area contributed by atoms with Gasteiger partial charge in [0.2, 0.25) is 5.76 Å². The molecule has 1 amide bonds. The Kier molecular flexibility index (Phi) is 8.31. The van der Waals surface area contributed by atoms with Crippen molar-refractivity contribution >= 4 is 16.9 Å². The molecule has 192 valence electrons. The van der Waals surface area contributed by atoms with Crippen LogP contribution in [0, 0.1) is 6.92 Å². The first-order valence-electron chi connectivity index (χ1n) is 12.8. The highest BCUT2D eigenvalue weighted by molar-refractivity contribution is 5.99. The molecule has 3 aromatic rings. The number of carbonyl (C=O) groups is 1. The predicted octanol–water partition coefficient (Wildman–Crippen LogP) is 5.65. The average molecular weight is 494 g/mol. The Hall–Kier alpha value is -3.32. The van der Waals surface area contributed by atoms with Crippen LogP contribution in [0.3, 0.4) is 0 Å². The molecule has 1 unspecified atom stereocenters. The molecule has 0 spiro atoms. The van der Waals surface area contributed by atoms with Gasteiger partial charge in [-0.25, -0.2) is 0 Å². The van der Waals surface area contributed by atoms with E-state index in [0.717, 1.165) is 30.4 Å². The van der Waals surface area contributed by atoms with Crippen molar-refractivity contribution in [3.05, 3.63) is 69.1 Å². The van der Waals surface area contributed by atoms with Crippen molar-refractivity contribution < 1.29 is 23.4 Å². The average Bonchev–Trinajstić information content (AvgIpc) is 3.15. The van der Waals surface area contributed by atoms with E-state index in [1.165, 1.54) is 0 Å². The second-order valence-corrected chi connectivity index (χ2v) is 9.12. The number of ether oxygens (including phenoxy) is 3. The third kappa shape index (κ3) is 5.12. The molecule has 2 aromatic carbocycles. The van der Waals surface area contributed by atoms with E-state index in [1.807, 2.05) is 44.2 Å². The van der Waals surface area contributed by atoms with Crippen LogP contribution in [-0.2, 0) is 4.74 Å². The summed E-state index contributed by atoms with van der Waals surface area (Å²) in [5.41, 5.74) is 2.34. The largest absolute Gasteiger partial charge is 0.490 e. The first-order chi connectivity index (χ1) is 17.5. The Morgan fingerprint density at radius 3 is 2.53 bits per heavy atom. The van der Waals surface area contributed by atoms with Crippen LogP contribution in [0.15, 0.2) is 45.6 Å². The van der Waals surface area contributed by atoms with E-state index in [1.54, 1.807) is 18.1 Å². The highest BCUT2D eigenvalue weighted by Gasteiger charge is 2.42. The molecule has 0 radical (unpaired) electrons. The summed E-state index contributed by atoms with van der Waals surface area (Å²) >= 11 is 0. The van der Waals surface area contributed by atoms with Crippen LogP contribution in [-0.4, -0.2) is 44.3 Å². The third-order valence-corrected chi connectivity index (χ3v) is 6.46. The van der Waals surface area contributed by atoms with Gasteiger partial charge in [0.1, 0.15) is 5.58 Å². The van der Waals surface area contributed by atoms with Crippen molar-refractivity contribution in [2.45, 2.75) is 52.5 Å². The normalized spacial score (nSPS) is 14.9. The van der Waals surface area contributed by atoms with Gasteiger partial charge in [0.25, 0.3) is 5.91 Å². The maximum absolute atomic E-state index is 13.7. The molecule has 1 aliphatic rings. The number of benzene rings is 2. The highest BCUT2D eigenvalue weighted by Crippen LogP contribution is 2.41. The predicted molar refractivity (Wildman–Crippen MR) is 139 cm³/mol. The molecular formula is C29H35NO6. The van der Waals surface area contributed by atoms with Crippen LogP contribution < -0.4 is 14.9 Å². The zero-order chi connectivity index (χ0) is 25.7. The first-order valence-corrected chi connectivity index (χ1v) is 12.8. The van der Waals surface area contributed by atoms with Crippen LogP contribution in [0.5, 0.6) is 11.5 Å². The lowest BCUT2D eigenvalue weighted by Gasteiger charge is -2.26. The quantitative estimate of drug-likeness (QED) is 0.303. The fourth-order valence-electron chi connectivity index (χ4n) is 4.71. The minimum atomic E-state index is -0.584. The zero-order valence-electron chi connectivity index (χ0n) is 21.6. The summed E-state index contributed by atoms with van der Waals surface area (Å²) in [5, 5.41) is 0.478. The van der Waals surface area contributed by atoms with Crippen LogP contribution in [0.25, 0.3) is 11.0 Å². The molecule has 1 atom stereocenters. The molecular weight excluding hydrogens is 458 g/mol. The SMILES string of the molecule is CCCCCOc1ccc(C2c3c(oc4ccc(C)cc4c3=O)C(=O)N2CCCOC)cc1OCC. The van der Waals surface area contributed by atoms with Gasteiger partial charge in [0.15, 0.2) is 16.9 Å². The van der Waals surface area contributed by atoms with Crippen LogP contribution in [0.1, 0.15) is 72.8 Å². The molecule has 0 saturated heterocycles. The lowest BCUT2D eigenvalue weighted by atomic mass is 9.97. The summed E-state index contributed by atoms with van der Waals surface area (Å²) < 4.78 is 23.2.